The van der Waals surface area contributed by atoms with Crippen molar-refractivity contribution in [3.05, 3.63) is 48.0 Å². The molecule has 0 radical (unpaired) electrons. The highest BCUT2D eigenvalue weighted by atomic mass is 16.5. The number of anilines is 2. The minimum absolute atomic E-state index is 0.549. The Morgan fingerprint density at radius 1 is 1.00 bits per heavy atom. The molecule has 21 heavy (non-hydrogen) atoms. The van der Waals surface area contributed by atoms with Crippen LogP contribution in [0.4, 0.5) is 11.4 Å². The van der Waals surface area contributed by atoms with Crippen molar-refractivity contribution >= 4 is 11.4 Å². The number of ether oxygens (including phenoxy) is 1. The first-order chi connectivity index (χ1) is 10.3. The fourth-order valence-corrected chi connectivity index (χ4v) is 2.95. The van der Waals surface area contributed by atoms with Crippen LogP contribution in [-0.4, -0.2) is 0 Å². The zero-order chi connectivity index (χ0) is 14.7. The summed E-state index contributed by atoms with van der Waals surface area (Å²) in [5.74, 6) is 2.39. The largest absolute Gasteiger partial charge is 0.453 e. The molecule has 1 aliphatic rings. The predicted octanol–water partition coefficient (Wildman–Crippen LogP) is 6.22. The van der Waals surface area contributed by atoms with Gasteiger partial charge >= 0.3 is 0 Å². The smallest absolute Gasteiger partial charge is 0.151 e. The standard InChI is InChI=1S/C19H23NO/c1-3-4-5-9-14(2)15-10-8-13-18-19(15)20-16-11-6-7-12-17(16)21-18/h6-8,10-14,20H,3-5,9H2,1-2H3. The zero-order valence-electron chi connectivity index (χ0n) is 12.9. The van der Waals surface area contributed by atoms with Crippen molar-refractivity contribution in [2.45, 2.75) is 45.4 Å². The van der Waals surface area contributed by atoms with Crippen LogP contribution in [0.25, 0.3) is 0 Å². The first kappa shape index (κ1) is 14.0. The second-order valence-electron chi connectivity index (χ2n) is 5.84. The Balaban J connectivity index is 1.85. The van der Waals surface area contributed by atoms with Crippen LogP contribution in [0.2, 0.25) is 0 Å². The van der Waals surface area contributed by atoms with Gasteiger partial charge in [-0.15, -0.1) is 0 Å². The lowest BCUT2D eigenvalue weighted by atomic mass is 9.93. The van der Waals surface area contributed by atoms with E-state index in [2.05, 4.69) is 37.4 Å². The summed E-state index contributed by atoms with van der Waals surface area (Å²) in [7, 11) is 0. The van der Waals surface area contributed by atoms with Crippen molar-refractivity contribution in [2.24, 2.45) is 0 Å². The molecular formula is C19H23NO. The van der Waals surface area contributed by atoms with Gasteiger partial charge in [-0.2, -0.15) is 0 Å². The van der Waals surface area contributed by atoms with Crippen LogP contribution >= 0.6 is 0 Å². The molecule has 0 saturated heterocycles. The SMILES string of the molecule is CCCCCC(C)c1cccc2c1Nc1ccccc1O2. The van der Waals surface area contributed by atoms with E-state index < -0.39 is 0 Å². The Hall–Kier alpha value is -1.96. The van der Waals surface area contributed by atoms with Crippen LogP contribution in [0.15, 0.2) is 42.5 Å². The molecule has 0 spiro atoms. The van der Waals surface area contributed by atoms with Gasteiger partial charge in [0.05, 0.1) is 11.4 Å². The molecule has 2 aromatic carbocycles. The average Bonchev–Trinajstić information content (AvgIpc) is 2.52. The number of nitrogens with one attached hydrogen (secondary N) is 1. The molecule has 1 aliphatic heterocycles. The van der Waals surface area contributed by atoms with E-state index in [9.17, 15) is 0 Å². The van der Waals surface area contributed by atoms with Gasteiger partial charge in [-0.05, 0) is 36.1 Å². The second-order valence-corrected chi connectivity index (χ2v) is 5.84. The van der Waals surface area contributed by atoms with Gasteiger partial charge in [0.2, 0.25) is 0 Å². The Kier molecular flexibility index (Phi) is 4.14. The average molecular weight is 281 g/mol. The monoisotopic (exact) mass is 281 g/mol. The van der Waals surface area contributed by atoms with Crippen LogP contribution < -0.4 is 10.1 Å². The lowest BCUT2D eigenvalue weighted by Crippen LogP contribution is -2.07. The topological polar surface area (TPSA) is 21.3 Å². The molecule has 0 aliphatic carbocycles. The van der Waals surface area contributed by atoms with E-state index in [0.717, 1.165) is 22.9 Å². The van der Waals surface area contributed by atoms with E-state index in [1.807, 2.05) is 24.3 Å². The molecule has 1 atom stereocenters. The number of hydrogen-bond acceptors (Lipinski definition) is 2. The number of hydrogen-bond donors (Lipinski definition) is 1. The highest BCUT2D eigenvalue weighted by Crippen LogP contribution is 2.45. The van der Waals surface area contributed by atoms with Gasteiger partial charge in [0.1, 0.15) is 0 Å². The second kappa shape index (κ2) is 6.21. The minimum Gasteiger partial charge on any atom is -0.453 e. The van der Waals surface area contributed by atoms with Crippen molar-refractivity contribution < 1.29 is 4.74 Å². The van der Waals surface area contributed by atoms with Crippen LogP contribution in [0.5, 0.6) is 11.5 Å². The summed E-state index contributed by atoms with van der Waals surface area (Å²) in [6, 6.07) is 14.5. The van der Waals surface area contributed by atoms with Gasteiger partial charge < -0.3 is 10.1 Å². The van der Waals surface area contributed by atoms with Crippen molar-refractivity contribution in [3.8, 4) is 11.5 Å². The van der Waals surface area contributed by atoms with Crippen molar-refractivity contribution in [1.29, 1.82) is 0 Å². The van der Waals surface area contributed by atoms with Crippen molar-refractivity contribution in [3.63, 3.8) is 0 Å². The molecule has 110 valence electrons. The third-order valence-electron chi connectivity index (χ3n) is 4.20. The maximum atomic E-state index is 6.03. The van der Waals surface area contributed by atoms with E-state index in [0.29, 0.717) is 5.92 Å². The Bertz CT molecular complexity index is 621. The summed E-state index contributed by atoms with van der Waals surface area (Å²) in [4.78, 5) is 0. The molecule has 3 rings (SSSR count). The van der Waals surface area contributed by atoms with Crippen molar-refractivity contribution in [1.82, 2.24) is 0 Å². The summed E-state index contributed by atoms with van der Waals surface area (Å²) < 4.78 is 6.03. The van der Waals surface area contributed by atoms with Gasteiger partial charge in [-0.1, -0.05) is 57.4 Å². The fraction of sp³-hybridized carbons (Fsp3) is 0.368. The Morgan fingerprint density at radius 3 is 2.67 bits per heavy atom. The number of rotatable bonds is 5. The number of para-hydroxylation sites is 3. The Labute approximate surface area is 127 Å². The van der Waals surface area contributed by atoms with Gasteiger partial charge in [0.25, 0.3) is 0 Å². The molecule has 2 aromatic rings. The molecule has 0 amide bonds. The van der Waals surface area contributed by atoms with Gasteiger partial charge in [0.15, 0.2) is 11.5 Å². The molecular weight excluding hydrogens is 258 g/mol. The normalized spacial score (nSPS) is 13.6. The summed E-state index contributed by atoms with van der Waals surface area (Å²) in [6.07, 6.45) is 5.10. The maximum Gasteiger partial charge on any atom is 0.151 e. The molecule has 0 saturated carbocycles. The third-order valence-corrected chi connectivity index (χ3v) is 4.20. The number of benzene rings is 2. The van der Waals surface area contributed by atoms with Crippen LogP contribution in [0, 0.1) is 0 Å². The summed E-state index contributed by atoms with van der Waals surface area (Å²) in [5, 5.41) is 3.56. The third kappa shape index (κ3) is 2.90. The van der Waals surface area contributed by atoms with Gasteiger partial charge in [-0.25, -0.2) is 0 Å². The lowest BCUT2D eigenvalue weighted by Gasteiger charge is -2.26. The molecule has 1 N–H and O–H groups in total. The minimum atomic E-state index is 0.549. The highest BCUT2D eigenvalue weighted by molar-refractivity contribution is 5.78. The highest BCUT2D eigenvalue weighted by Gasteiger charge is 2.20. The Morgan fingerprint density at radius 2 is 1.81 bits per heavy atom. The fourth-order valence-electron chi connectivity index (χ4n) is 2.95. The predicted molar refractivity (Wildman–Crippen MR) is 88.8 cm³/mol. The number of unbranched alkanes of at least 4 members (excludes halogenated alkanes) is 2. The maximum absolute atomic E-state index is 6.03. The first-order valence-electron chi connectivity index (χ1n) is 7.96. The molecule has 0 aromatic heterocycles. The molecule has 2 heteroatoms. The van der Waals surface area contributed by atoms with Crippen LogP contribution in [0.3, 0.4) is 0 Å². The number of fused-ring (bicyclic) bond motifs is 2. The molecule has 1 unspecified atom stereocenters. The summed E-state index contributed by atoms with van der Waals surface area (Å²) >= 11 is 0. The summed E-state index contributed by atoms with van der Waals surface area (Å²) in [5.41, 5.74) is 3.55. The first-order valence-corrected chi connectivity index (χ1v) is 7.96. The lowest BCUT2D eigenvalue weighted by molar-refractivity contribution is 0.479. The van der Waals surface area contributed by atoms with E-state index >= 15 is 0 Å². The van der Waals surface area contributed by atoms with E-state index in [1.165, 1.54) is 31.2 Å². The van der Waals surface area contributed by atoms with Gasteiger partial charge in [-0.3, -0.25) is 0 Å². The van der Waals surface area contributed by atoms with Crippen molar-refractivity contribution in [2.75, 3.05) is 5.32 Å². The molecule has 2 nitrogen and oxygen atoms in total. The van der Waals surface area contributed by atoms with Crippen LogP contribution in [0.1, 0.15) is 51.0 Å². The van der Waals surface area contributed by atoms with E-state index in [1.54, 1.807) is 0 Å². The van der Waals surface area contributed by atoms with Gasteiger partial charge in [0, 0.05) is 0 Å². The molecule has 0 bridgehead atoms. The van der Waals surface area contributed by atoms with E-state index in [4.69, 9.17) is 4.74 Å². The van der Waals surface area contributed by atoms with Crippen LogP contribution in [-0.2, 0) is 0 Å². The zero-order valence-corrected chi connectivity index (χ0v) is 12.9. The summed E-state index contributed by atoms with van der Waals surface area (Å²) in [6.45, 7) is 4.56. The van der Waals surface area contributed by atoms with E-state index in [-0.39, 0.29) is 0 Å². The quantitative estimate of drug-likeness (QED) is 0.560. The molecule has 1 heterocycles. The molecule has 0 fully saturated rings.